The quantitative estimate of drug-likeness (QED) is 0.439. The Morgan fingerprint density at radius 3 is 2.21 bits per heavy atom. The highest BCUT2D eigenvalue weighted by atomic mass is 32.2. The van der Waals surface area contributed by atoms with Crippen molar-refractivity contribution in [1.29, 1.82) is 0 Å². The number of benzene rings is 2. The molecule has 8 heteroatoms. The van der Waals surface area contributed by atoms with Crippen LogP contribution in [0.4, 0.5) is 5.69 Å². The lowest BCUT2D eigenvalue weighted by molar-refractivity contribution is -0.118. The predicted octanol–water partition coefficient (Wildman–Crippen LogP) is 3.11. The van der Waals surface area contributed by atoms with Gasteiger partial charge in [-0.1, -0.05) is 67.6 Å². The van der Waals surface area contributed by atoms with Gasteiger partial charge in [-0.3, -0.25) is 9.59 Å². The average Bonchev–Trinajstić information content (AvgIpc) is 2.85. The van der Waals surface area contributed by atoms with Crippen LogP contribution >= 0.6 is 0 Å². The molecule has 0 saturated heterocycles. The first-order chi connectivity index (χ1) is 16.3. The van der Waals surface area contributed by atoms with E-state index in [-0.39, 0.29) is 29.6 Å². The maximum Gasteiger partial charge on any atom is 0.274 e. The van der Waals surface area contributed by atoms with Gasteiger partial charge in [-0.2, -0.15) is 0 Å². The first kappa shape index (κ1) is 25.4. The number of nitrogens with one attached hydrogen (secondary N) is 2. The molecule has 2 N–H and O–H groups in total. The van der Waals surface area contributed by atoms with Crippen LogP contribution in [-0.4, -0.2) is 43.5 Å². The van der Waals surface area contributed by atoms with Crippen LogP contribution in [0.1, 0.15) is 18.9 Å². The predicted molar refractivity (Wildman–Crippen MR) is 137 cm³/mol. The maximum atomic E-state index is 13.3. The van der Waals surface area contributed by atoms with Gasteiger partial charge in [0.05, 0.1) is 23.2 Å². The van der Waals surface area contributed by atoms with Gasteiger partial charge in [-0.05, 0) is 43.1 Å². The molecule has 1 unspecified atom stereocenters. The Morgan fingerprint density at radius 1 is 0.941 bits per heavy atom. The van der Waals surface area contributed by atoms with Gasteiger partial charge in [0.25, 0.3) is 5.56 Å². The smallest absolute Gasteiger partial charge is 0.274 e. The number of carbonyl (C=O) groups is 1. The van der Waals surface area contributed by atoms with Crippen molar-refractivity contribution in [2.75, 3.05) is 23.9 Å². The molecule has 3 aromatic rings. The first-order valence-electron chi connectivity index (χ1n) is 11.4. The molecule has 7 nitrogen and oxygen atoms in total. The minimum atomic E-state index is -3.41. The van der Waals surface area contributed by atoms with Crippen molar-refractivity contribution in [3.8, 4) is 11.3 Å². The summed E-state index contributed by atoms with van der Waals surface area (Å²) in [5, 5.41) is 5.61. The second-order valence-electron chi connectivity index (χ2n) is 8.08. The van der Waals surface area contributed by atoms with Crippen molar-refractivity contribution >= 4 is 21.4 Å². The number of anilines is 1. The van der Waals surface area contributed by atoms with E-state index in [9.17, 15) is 18.0 Å². The second kappa shape index (κ2) is 11.8. The van der Waals surface area contributed by atoms with E-state index in [1.165, 1.54) is 4.57 Å². The van der Waals surface area contributed by atoms with Crippen molar-refractivity contribution in [2.24, 2.45) is 0 Å². The minimum absolute atomic E-state index is 0.00318. The number of likely N-dealkylation sites (N-methyl/N-ethyl adjacent to an activating group) is 1. The van der Waals surface area contributed by atoms with Gasteiger partial charge >= 0.3 is 0 Å². The molecule has 3 rings (SSSR count). The van der Waals surface area contributed by atoms with E-state index in [4.69, 9.17) is 0 Å². The summed E-state index contributed by atoms with van der Waals surface area (Å²) in [5.41, 5.74) is 2.04. The van der Waals surface area contributed by atoms with Gasteiger partial charge in [0.15, 0.2) is 9.84 Å². The Morgan fingerprint density at radius 2 is 1.59 bits per heavy atom. The summed E-state index contributed by atoms with van der Waals surface area (Å²) in [6, 6.07) is 21.6. The number of sulfone groups is 1. The number of hydrogen-bond acceptors (Lipinski definition) is 5. The number of aromatic nitrogens is 1. The third-order valence-corrected chi connectivity index (χ3v) is 7.38. The van der Waals surface area contributed by atoms with Crippen molar-refractivity contribution in [3.63, 3.8) is 0 Å². The fourth-order valence-electron chi connectivity index (χ4n) is 3.75. The summed E-state index contributed by atoms with van der Waals surface area (Å²) in [7, 11) is -1.72. The molecule has 0 saturated carbocycles. The molecule has 0 fully saturated rings. The number of amides is 1. The molecular weight excluding hydrogens is 450 g/mol. The van der Waals surface area contributed by atoms with Crippen molar-refractivity contribution in [2.45, 2.75) is 32.4 Å². The highest BCUT2D eigenvalue weighted by Gasteiger charge is 2.19. The van der Waals surface area contributed by atoms with Gasteiger partial charge < -0.3 is 15.2 Å². The fourth-order valence-corrected chi connectivity index (χ4v) is 4.96. The Kier molecular flexibility index (Phi) is 8.79. The van der Waals surface area contributed by atoms with Crippen LogP contribution in [0.15, 0.2) is 77.6 Å². The zero-order valence-corrected chi connectivity index (χ0v) is 20.3. The van der Waals surface area contributed by atoms with Crippen LogP contribution in [0.3, 0.4) is 0 Å². The zero-order valence-electron chi connectivity index (χ0n) is 19.5. The SMILES string of the molecule is CCC(NC)C(=O)Nc1ccc(-c2ccccc2)n(CCS(=O)(=O)CCc2ccccc2)c1=O. The normalized spacial score (nSPS) is 12.3. The molecule has 0 radical (unpaired) electrons. The number of rotatable bonds is 11. The van der Waals surface area contributed by atoms with E-state index in [0.29, 0.717) is 18.5 Å². The van der Waals surface area contributed by atoms with E-state index in [1.807, 2.05) is 67.6 Å². The number of nitrogens with zero attached hydrogens (tertiary/aromatic N) is 1. The third-order valence-electron chi connectivity index (χ3n) is 5.75. The lowest BCUT2D eigenvalue weighted by atomic mass is 10.1. The lowest BCUT2D eigenvalue weighted by Gasteiger charge is -2.17. The Bertz CT molecular complexity index is 1250. The molecule has 1 atom stereocenters. The van der Waals surface area contributed by atoms with Crippen LogP contribution in [0.5, 0.6) is 0 Å². The minimum Gasteiger partial charge on any atom is -0.320 e. The van der Waals surface area contributed by atoms with E-state index in [2.05, 4.69) is 10.6 Å². The largest absolute Gasteiger partial charge is 0.320 e. The molecule has 0 aliphatic carbocycles. The van der Waals surface area contributed by atoms with Crippen LogP contribution < -0.4 is 16.2 Å². The molecule has 0 spiro atoms. The molecule has 0 aliphatic heterocycles. The van der Waals surface area contributed by atoms with Gasteiger partial charge in [0.1, 0.15) is 5.69 Å². The highest BCUT2D eigenvalue weighted by molar-refractivity contribution is 7.91. The van der Waals surface area contributed by atoms with Crippen molar-refractivity contribution in [3.05, 3.63) is 88.7 Å². The van der Waals surface area contributed by atoms with E-state index in [1.54, 1.807) is 19.2 Å². The van der Waals surface area contributed by atoms with Crippen LogP contribution in [0, 0.1) is 0 Å². The first-order valence-corrected chi connectivity index (χ1v) is 13.2. The summed E-state index contributed by atoms with van der Waals surface area (Å²) in [4.78, 5) is 25.8. The summed E-state index contributed by atoms with van der Waals surface area (Å²) in [5.74, 6) is -0.481. The summed E-state index contributed by atoms with van der Waals surface area (Å²) < 4.78 is 27.0. The van der Waals surface area contributed by atoms with Gasteiger partial charge in [-0.25, -0.2) is 8.42 Å². The Labute approximate surface area is 200 Å². The summed E-state index contributed by atoms with van der Waals surface area (Å²) in [6.45, 7) is 1.87. The zero-order chi connectivity index (χ0) is 24.6. The van der Waals surface area contributed by atoms with Gasteiger partial charge in [-0.15, -0.1) is 0 Å². The molecule has 2 aromatic carbocycles. The molecule has 1 aromatic heterocycles. The van der Waals surface area contributed by atoms with E-state index >= 15 is 0 Å². The molecule has 1 amide bonds. The highest BCUT2D eigenvalue weighted by Crippen LogP contribution is 2.19. The second-order valence-corrected chi connectivity index (χ2v) is 10.4. The monoisotopic (exact) mass is 481 g/mol. The Balaban J connectivity index is 1.86. The van der Waals surface area contributed by atoms with Crippen molar-refractivity contribution in [1.82, 2.24) is 9.88 Å². The van der Waals surface area contributed by atoms with E-state index < -0.39 is 21.4 Å². The summed E-state index contributed by atoms with van der Waals surface area (Å²) in [6.07, 6.45) is 0.987. The fraction of sp³-hybridized carbons (Fsp3) is 0.308. The average molecular weight is 482 g/mol. The molecule has 0 bridgehead atoms. The summed E-state index contributed by atoms with van der Waals surface area (Å²) >= 11 is 0. The van der Waals surface area contributed by atoms with Gasteiger partial charge in [0, 0.05) is 6.54 Å². The van der Waals surface area contributed by atoms with Crippen LogP contribution in [0.2, 0.25) is 0 Å². The third kappa shape index (κ3) is 6.65. The molecule has 1 heterocycles. The van der Waals surface area contributed by atoms with Crippen molar-refractivity contribution < 1.29 is 13.2 Å². The molecule has 0 aliphatic rings. The molecule has 34 heavy (non-hydrogen) atoms. The van der Waals surface area contributed by atoms with Gasteiger partial charge in [0.2, 0.25) is 5.91 Å². The molecular formula is C26H31N3O4S. The topological polar surface area (TPSA) is 97.3 Å². The van der Waals surface area contributed by atoms with E-state index in [0.717, 1.165) is 11.1 Å². The lowest BCUT2D eigenvalue weighted by Crippen LogP contribution is -2.39. The number of aryl methyl sites for hydroxylation is 1. The number of hydrogen-bond donors (Lipinski definition) is 2. The number of carbonyl (C=O) groups excluding carboxylic acids is 1. The van der Waals surface area contributed by atoms with Crippen LogP contribution in [0.25, 0.3) is 11.3 Å². The molecule has 180 valence electrons. The standard InChI is InChI=1S/C26H31N3O4S/c1-3-22(27-2)25(30)28-23-14-15-24(21-12-8-5-9-13-21)29(26(23)31)17-19-34(32,33)18-16-20-10-6-4-7-11-20/h4-15,22,27H,3,16-19H2,1-2H3,(H,28,30). The number of pyridine rings is 1. The maximum absolute atomic E-state index is 13.3. The van der Waals surface area contributed by atoms with Crippen LogP contribution in [-0.2, 0) is 27.6 Å². The Hall–Kier alpha value is -3.23.